The lowest BCUT2D eigenvalue weighted by molar-refractivity contribution is -0.120. The summed E-state index contributed by atoms with van der Waals surface area (Å²) in [5.41, 5.74) is 5.30. The number of carbonyl (C=O) groups excluding carboxylic acids is 2. The monoisotopic (exact) mass is 267 g/mol. The third-order valence-electron chi connectivity index (χ3n) is 1.85. The molecule has 0 spiro atoms. The van der Waals surface area contributed by atoms with Crippen molar-refractivity contribution in [1.82, 2.24) is 10.4 Å². The van der Waals surface area contributed by atoms with Crippen molar-refractivity contribution in [2.45, 2.75) is 13.3 Å². The van der Waals surface area contributed by atoms with Crippen molar-refractivity contribution in [1.29, 1.82) is 0 Å². The predicted octanol–water partition coefficient (Wildman–Crippen LogP) is -0.0432. The number of hydroxylamine groups is 2. The molecule has 4 N–H and O–H groups in total. The maximum absolute atomic E-state index is 11.3. The van der Waals surface area contributed by atoms with Crippen molar-refractivity contribution in [3.8, 4) is 0 Å². The second kappa shape index (κ2) is 10.5. The van der Waals surface area contributed by atoms with Gasteiger partial charge in [-0.3, -0.25) is 9.59 Å². The van der Waals surface area contributed by atoms with Crippen LogP contribution in [0.3, 0.4) is 0 Å². The van der Waals surface area contributed by atoms with Gasteiger partial charge in [0, 0.05) is 22.5 Å². The molecule has 0 aliphatic carbocycles. The van der Waals surface area contributed by atoms with Gasteiger partial charge in [-0.1, -0.05) is 0 Å². The van der Waals surface area contributed by atoms with Gasteiger partial charge < -0.3 is 16.3 Å². The highest BCUT2D eigenvalue weighted by atomic mass is 32.2. The van der Waals surface area contributed by atoms with Crippen LogP contribution >= 0.6 is 11.8 Å². The van der Waals surface area contributed by atoms with Crippen LogP contribution in [0.25, 0.3) is 0 Å². The first-order valence-electron chi connectivity index (χ1n) is 5.54. The molecule has 0 aromatic heterocycles. The second-order valence-electron chi connectivity index (χ2n) is 3.64. The van der Waals surface area contributed by atoms with Gasteiger partial charge in [0.15, 0.2) is 0 Å². The summed E-state index contributed by atoms with van der Waals surface area (Å²) in [6, 6.07) is 0. The van der Waals surface area contributed by atoms with Gasteiger partial charge in [-0.05, 0) is 19.9 Å². The molecule has 0 aliphatic rings. The summed E-state index contributed by atoms with van der Waals surface area (Å²) in [5.74, 6) is 0.568. The van der Waals surface area contributed by atoms with E-state index in [2.05, 4.69) is 5.32 Å². The molecule has 0 bridgehead atoms. The van der Waals surface area contributed by atoms with E-state index < -0.39 is 0 Å². The first-order valence-corrected chi connectivity index (χ1v) is 6.69. The summed E-state index contributed by atoms with van der Waals surface area (Å²) in [7, 11) is 0. The average molecular weight is 267 g/mol. The maximum atomic E-state index is 11.3. The van der Waals surface area contributed by atoms with Crippen LogP contribution < -0.4 is 11.1 Å². The van der Waals surface area contributed by atoms with Crippen LogP contribution in [0.4, 0.5) is 0 Å². The smallest absolute Gasteiger partial charge is 0.230 e. The zero-order valence-electron chi connectivity index (χ0n) is 10.1. The first-order chi connectivity index (χ1) is 8.06. The van der Waals surface area contributed by atoms with Gasteiger partial charge in [-0.2, -0.15) is 5.06 Å². The van der Waals surface area contributed by atoms with E-state index >= 15 is 0 Å². The lowest BCUT2D eigenvalue weighted by atomic mass is 10.4. The molecule has 0 aromatic rings. The number of Topliss-reactive ketones (excluding diaryl/α,β-unsaturated/α-hetero) is 1. The van der Waals surface area contributed by atoms with Crippen LogP contribution in [0.1, 0.15) is 16.2 Å². The number of ketones is 1. The summed E-state index contributed by atoms with van der Waals surface area (Å²) in [4.78, 5) is 21.9. The highest BCUT2D eigenvalue weighted by molar-refractivity contribution is 8.00. The lowest BCUT2D eigenvalue weighted by Crippen LogP contribution is -2.35. The molecule has 0 fully saturated rings. The SMILES string of the molecule is CC(=O)CSCC(=O)NCCN(O)CCCN.[HH].[HH]. The van der Waals surface area contributed by atoms with Gasteiger partial charge in [-0.15, -0.1) is 11.8 Å². The van der Waals surface area contributed by atoms with Crippen LogP contribution in [0.5, 0.6) is 0 Å². The minimum atomic E-state index is -0.122. The summed E-state index contributed by atoms with van der Waals surface area (Å²) in [5, 5.41) is 13.1. The minimum absolute atomic E-state index is 0. The molecule has 0 aromatic carbocycles. The molecule has 17 heavy (non-hydrogen) atoms. The van der Waals surface area contributed by atoms with Crippen LogP contribution in [0.15, 0.2) is 0 Å². The Hall–Kier alpha value is -0.630. The highest BCUT2D eigenvalue weighted by Gasteiger charge is 2.04. The number of hydrogen-bond donors (Lipinski definition) is 3. The van der Waals surface area contributed by atoms with Crippen LogP contribution in [-0.4, -0.2) is 59.6 Å². The molecule has 104 valence electrons. The number of nitrogens with zero attached hydrogens (tertiary/aromatic N) is 1. The molecule has 0 heterocycles. The van der Waals surface area contributed by atoms with Gasteiger partial charge in [0.2, 0.25) is 5.91 Å². The van der Waals surface area contributed by atoms with Crippen molar-refractivity contribution < 1.29 is 17.6 Å². The van der Waals surface area contributed by atoms with Gasteiger partial charge in [0.1, 0.15) is 5.78 Å². The summed E-state index contributed by atoms with van der Waals surface area (Å²) < 4.78 is 0. The Morgan fingerprint density at radius 2 is 2.12 bits per heavy atom. The molecule has 7 heteroatoms. The number of carbonyl (C=O) groups is 2. The molecule has 0 atom stereocenters. The third kappa shape index (κ3) is 11.6. The fourth-order valence-electron chi connectivity index (χ4n) is 1.05. The zero-order valence-corrected chi connectivity index (χ0v) is 11.0. The topological polar surface area (TPSA) is 95.7 Å². The maximum Gasteiger partial charge on any atom is 0.230 e. The fourth-order valence-corrected chi connectivity index (χ4v) is 1.73. The van der Waals surface area contributed by atoms with Crippen molar-refractivity contribution >= 4 is 23.5 Å². The Balaban J connectivity index is -0.00000128. The number of amides is 1. The average Bonchev–Trinajstić information content (AvgIpc) is 2.25. The van der Waals surface area contributed by atoms with E-state index in [0.717, 1.165) is 11.5 Å². The fraction of sp³-hybridized carbons (Fsp3) is 0.800. The Labute approximate surface area is 109 Å². The standard InChI is InChI=1S/C10H21N3O3S.2H2/c1-9(14)7-17-8-10(15)12-4-6-13(16)5-2-3-11;;/h16H,2-8,11H2,1H3,(H,12,15);2*1H. The van der Waals surface area contributed by atoms with Crippen LogP contribution in [0, 0.1) is 0 Å². The molecular formula is C10H25N3O3S. The molecule has 1 amide bonds. The summed E-state index contributed by atoms with van der Waals surface area (Å²) in [6.45, 7) is 3.30. The van der Waals surface area contributed by atoms with Gasteiger partial charge in [-0.25, -0.2) is 0 Å². The van der Waals surface area contributed by atoms with Crippen molar-refractivity contribution in [3.63, 3.8) is 0 Å². The first kappa shape index (κ1) is 16.4. The molecule has 0 aliphatic heterocycles. The number of thioether (sulfide) groups is 1. The van der Waals surface area contributed by atoms with E-state index in [1.165, 1.54) is 18.7 Å². The predicted molar refractivity (Wildman–Crippen MR) is 72.3 cm³/mol. The minimum Gasteiger partial charge on any atom is -0.354 e. The number of nitrogens with two attached hydrogens (primary N) is 1. The van der Waals surface area contributed by atoms with E-state index in [0.29, 0.717) is 31.9 Å². The van der Waals surface area contributed by atoms with Gasteiger partial charge in [0.05, 0.1) is 11.5 Å². The molecule has 6 nitrogen and oxygen atoms in total. The lowest BCUT2D eigenvalue weighted by Gasteiger charge is -2.14. The molecule has 0 unspecified atom stereocenters. The van der Waals surface area contributed by atoms with E-state index in [1.54, 1.807) is 0 Å². The number of rotatable bonds is 10. The third-order valence-corrected chi connectivity index (χ3v) is 2.93. The molecule has 0 saturated heterocycles. The van der Waals surface area contributed by atoms with Crippen molar-refractivity contribution in [2.24, 2.45) is 5.73 Å². The number of nitrogens with one attached hydrogen (secondary N) is 1. The Morgan fingerprint density at radius 1 is 1.41 bits per heavy atom. The quantitative estimate of drug-likeness (QED) is 0.481. The normalized spacial score (nSPS) is 10.6. The number of hydrogen-bond acceptors (Lipinski definition) is 6. The van der Waals surface area contributed by atoms with Gasteiger partial charge >= 0.3 is 0 Å². The zero-order chi connectivity index (χ0) is 13.1. The second-order valence-corrected chi connectivity index (χ2v) is 4.63. The van der Waals surface area contributed by atoms with E-state index in [1.807, 2.05) is 0 Å². The van der Waals surface area contributed by atoms with Crippen molar-refractivity contribution in [2.75, 3.05) is 37.7 Å². The highest BCUT2D eigenvalue weighted by Crippen LogP contribution is 1.98. The summed E-state index contributed by atoms with van der Waals surface area (Å²) in [6.07, 6.45) is 0.721. The molecule has 0 rings (SSSR count). The van der Waals surface area contributed by atoms with Crippen molar-refractivity contribution in [3.05, 3.63) is 0 Å². The largest absolute Gasteiger partial charge is 0.354 e. The van der Waals surface area contributed by atoms with Crippen LogP contribution in [-0.2, 0) is 9.59 Å². The molecule has 0 radical (unpaired) electrons. The van der Waals surface area contributed by atoms with E-state index in [4.69, 9.17) is 5.73 Å². The summed E-state index contributed by atoms with van der Waals surface area (Å²) >= 11 is 1.29. The molecular weight excluding hydrogens is 242 g/mol. The Bertz CT molecular complexity index is 248. The van der Waals surface area contributed by atoms with Crippen LogP contribution in [0.2, 0.25) is 0 Å². The molecule has 0 saturated carbocycles. The van der Waals surface area contributed by atoms with E-state index in [9.17, 15) is 14.8 Å². The van der Waals surface area contributed by atoms with Gasteiger partial charge in [0.25, 0.3) is 0 Å². The Kier molecular flexibility index (Phi) is 10.1. The Morgan fingerprint density at radius 3 is 2.71 bits per heavy atom. The van der Waals surface area contributed by atoms with E-state index in [-0.39, 0.29) is 20.3 Å².